The highest BCUT2D eigenvalue weighted by Gasteiger charge is 2.23. The van der Waals surface area contributed by atoms with Gasteiger partial charge in [-0.05, 0) is 56.2 Å². The first-order valence-corrected chi connectivity index (χ1v) is 13.1. The number of nitrogens with zero attached hydrogens (tertiary/aromatic N) is 5. The third-order valence-electron chi connectivity index (χ3n) is 6.25. The first-order valence-electron chi connectivity index (χ1n) is 11.1. The van der Waals surface area contributed by atoms with E-state index in [0.717, 1.165) is 67.7 Å². The van der Waals surface area contributed by atoms with E-state index in [4.69, 9.17) is 26.6 Å². The quantitative estimate of drug-likeness (QED) is 0.338. The molecule has 0 radical (unpaired) electrons. The Morgan fingerprint density at radius 1 is 0.645 bits per heavy atom. The topological polar surface area (TPSA) is 45.2 Å². The SMILES string of the molecule is Clc1ccc(-c2c3sc(N4CCCCC4)nc3nc3nc(N4CCCCC4)sc23)cc1. The molecule has 0 unspecified atom stereocenters. The van der Waals surface area contributed by atoms with Gasteiger partial charge < -0.3 is 9.80 Å². The first-order chi connectivity index (χ1) is 15.3. The van der Waals surface area contributed by atoms with Gasteiger partial charge in [-0.2, -0.15) is 9.97 Å². The third kappa shape index (κ3) is 3.66. The second-order valence-electron chi connectivity index (χ2n) is 8.39. The van der Waals surface area contributed by atoms with E-state index in [1.54, 1.807) is 22.7 Å². The van der Waals surface area contributed by atoms with Crippen molar-refractivity contribution in [2.75, 3.05) is 36.0 Å². The molecule has 0 atom stereocenters. The Morgan fingerprint density at radius 2 is 1.13 bits per heavy atom. The van der Waals surface area contributed by atoms with E-state index in [2.05, 4.69) is 21.9 Å². The highest BCUT2D eigenvalue weighted by atomic mass is 35.5. The summed E-state index contributed by atoms with van der Waals surface area (Å²) in [5.41, 5.74) is 4.00. The number of rotatable bonds is 3. The summed E-state index contributed by atoms with van der Waals surface area (Å²) in [4.78, 5) is 19.7. The highest BCUT2D eigenvalue weighted by molar-refractivity contribution is 7.25. The van der Waals surface area contributed by atoms with E-state index < -0.39 is 0 Å². The fourth-order valence-corrected chi connectivity index (χ4v) is 7.05. The number of halogens is 1. The van der Waals surface area contributed by atoms with Gasteiger partial charge in [0.2, 0.25) is 0 Å². The molecule has 2 fully saturated rings. The fraction of sp³-hybridized carbons (Fsp3) is 0.435. The Kier molecular flexibility index (Phi) is 5.20. The van der Waals surface area contributed by atoms with Crippen LogP contribution in [0, 0.1) is 0 Å². The van der Waals surface area contributed by atoms with Crippen molar-refractivity contribution < 1.29 is 0 Å². The van der Waals surface area contributed by atoms with Crippen LogP contribution < -0.4 is 9.80 Å². The lowest BCUT2D eigenvalue weighted by Crippen LogP contribution is -2.29. The van der Waals surface area contributed by atoms with Crippen LogP contribution in [0.2, 0.25) is 5.02 Å². The maximum absolute atomic E-state index is 6.20. The number of fused-ring (bicyclic) bond motifs is 2. The average molecular weight is 470 g/mol. The lowest BCUT2D eigenvalue weighted by atomic mass is 10.1. The van der Waals surface area contributed by atoms with Crippen molar-refractivity contribution in [3.05, 3.63) is 29.3 Å². The molecule has 0 spiro atoms. The van der Waals surface area contributed by atoms with E-state index in [0.29, 0.717) is 0 Å². The second-order valence-corrected chi connectivity index (χ2v) is 10.8. The van der Waals surface area contributed by atoms with Crippen molar-refractivity contribution in [3.8, 4) is 11.1 Å². The van der Waals surface area contributed by atoms with Gasteiger partial charge >= 0.3 is 0 Å². The van der Waals surface area contributed by atoms with Crippen molar-refractivity contribution in [1.82, 2.24) is 15.0 Å². The first kappa shape index (κ1) is 19.7. The van der Waals surface area contributed by atoms with Crippen LogP contribution >= 0.6 is 34.3 Å². The smallest absolute Gasteiger partial charge is 0.188 e. The highest BCUT2D eigenvalue weighted by Crippen LogP contribution is 2.44. The predicted molar refractivity (Wildman–Crippen MR) is 133 cm³/mol. The Morgan fingerprint density at radius 3 is 1.61 bits per heavy atom. The molecule has 0 bridgehead atoms. The molecule has 2 aliphatic rings. The van der Waals surface area contributed by atoms with Gasteiger partial charge in [0.15, 0.2) is 21.6 Å². The van der Waals surface area contributed by atoms with Crippen LogP contribution in [0.5, 0.6) is 0 Å². The zero-order valence-corrected chi connectivity index (χ0v) is 19.7. The van der Waals surface area contributed by atoms with Crippen LogP contribution in [0.4, 0.5) is 10.3 Å². The number of piperidine rings is 2. The molecule has 4 aromatic rings. The minimum Gasteiger partial charge on any atom is -0.348 e. The predicted octanol–water partition coefficient (Wildman–Crippen LogP) is 6.60. The maximum atomic E-state index is 6.20. The number of benzene rings is 1. The number of thiazole rings is 2. The van der Waals surface area contributed by atoms with Gasteiger partial charge in [-0.1, -0.05) is 46.4 Å². The van der Waals surface area contributed by atoms with Crippen molar-refractivity contribution in [2.24, 2.45) is 0 Å². The molecule has 0 amide bonds. The minimum atomic E-state index is 0.752. The molecule has 0 saturated carbocycles. The maximum Gasteiger partial charge on any atom is 0.188 e. The molecule has 2 aliphatic heterocycles. The summed E-state index contributed by atoms with van der Waals surface area (Å²) in [6.45, 7) is 4.34. The van der Waals surface area contributed by atoms with Crippen molar-refractivity contribution in [1.29, 1.82) is 0 Å². The number of pyridine rings is 1. The normalized spacial score (nSPS) is 17.7. The van der Waals surface area contributed by atoms with Crippen LogP contribution in [-0.2, 0) is 0 Å². The van der Waals surface area contributed by atoms with Gasteiger partial charge in [-0.15, -0.1) is 0 Å². The summed E-state index contributed by atoms with van der Waals surface area (Å²) >= 11 is 9.75. The Hall–Kier alpha value is -1.96. The van der Waals surface area contributed by atoms with Gasteiger partial charge in [-0.25, -0.2) is 4.98 Å². The molecule has 5 heterocycles. The van der Waals surface area contributed by atoms with E-state index in [9.17, 15) is 0 Å². The summed E-state index contributed by atoms with van der Waals surface area (Å²) in [5.74, 6) is 0. The molecular weight excluding hydrogens is 446 g/mol. The largest absolute Gasteiger partial charge is 0.348 e. The Balaban J connectivity index is 1.54. The molecule has 31 heavy (non-hydrogen) atoms. The van der Waals surface area contributed by atoms with Crippen LogP contribution in [0.1, 0.15) is 38.5 Å². The van der Waals surface area contributed by atoms with Crippen LogP contribution in [0.15, 0.2) is 24.3 Å². The van der Waals surface area contributed by atoms with Gasteiger partial charge in [0.25, 0.3) is 0 Å². The Bertz CT molecular complexity index is 1150. The fourth-order valence-electron chi connectivity index (χ4n) is 4.60. The van der Waals surface area contributed by atoms with Crippen LogP contribution in [-0.4, -0.2) is 41.1 Å². The van der Waals surface area contributed by atoms with E-state index >= 15 is 0 Å². The Labute approximate surface area is 194 Å². The molecule has 0 aliphatic carbocycles. The summed E-state index contributed by atoms with van der Waals surface area (Å²) in [5, 5.41) is 2.93. The lowest BCUT2D eigenvalue weighted by molar-refractivity contribution is 0.577. The van der Waals surface area contributed by atoms with Gasteiger partial charge in [0, 0.05) is 36.8 Å². The van der Waals surface area contributed by atoms with Crippen molar-refractivity contribution in [2.45, 2.75) is 38.5 Å². The summed E-state index contributed by atoms with van der Waals surface area (Å²) < 4.78 is 2.31. The molecular formula is C23H24ClN5S2. The van der Waals surface area contributed by atoms with Crippen LogP contribution in [0.25, 0.3) is 31.8 Å². The molecule has 3 aromatic heterocycles. The number of aromatic nitrogens is 3. The van der Waals surface area contributed by atoms with E-state index in [1.165, 1.54) is 44.1 Å². The number of anilines is 2. The van der Waals surface area contributed by atoms with E-state index in [1.807, 2.05) is 12.1 Å². The molecule has 8 heteroatoms. The third-order valence-corrected chi connectivity index (χ3v) is 8.75. The van der Waals surface area contributed by atoms with Gasteiger partial charge in [-0.3, -0.25) is 0 Å². The lowest BCUT2D eigenvalue weighted by Gasteiger charge is -2.25. The minimum absolute atomic E-state index is 0.752. The molecule has 5 nitrogen and oxygen atoms in total. The van der Waals surface area contributed by atoms with Gasteiger partial charge in [0.05, 0.1) is 9.40 Å². The van der Waals surface area contributed by atoms with E-state index in [-0.39, 0.29) is 0 Å². The molecule has 160 valence electrons. The van der Waals surface area contributed by atoms with Gasteiger partial charge in [0.1, 0.15) is 0 Å². The molecule has 1 aromatic carbocycles. The molecule has 2 saturated heterocycles. The summed E-state index contributed by atoms with van der Waals surface area (Å²) in [7, 11) is 0. The zero-order chi connectivity index (χ0) is 20.8. The average Bonchev–Trinajstić information content (AvgIpc) is 3.43. The number of hydrogen-bond donors (Lipinski definition) is 0. The summed E-state index contributed by atoms with van der Waals surface area (Å²) in [6, 6.07) is 8.15. The van der Waals surface area contributed by atoms with Crippen molar-refractivity contribution >= 4 is 65.2 Å². The molecule has 0 N–H and O–H groups in total. The second kappa shape index (κ2) is 8.19. The molecule has 6 rings (SSSR count). The standard InChI is InChI=1S/C23H24ClN5S2/c24-16-9-7-15(8-10-16)17-18-20(26-22(30-18)28-11-3-1-4-12-28)25-21-19(17)31-23(27-21)29-13-5-2-6-14-29/h7-10H,1-6,11-14H2. The summed E-state index contributed by atoms with van der Waals surface area (Å²) in [6.07, 6.45) is 7.59. The zero-order valence-electron chi connectivity index (χ0n) is 17.3. The van der Waals surface area contributed by atoms with Crippen LogP contribution in [0.3, 0.4) is 0 Å². The number of hydrogen-bond acceptors (Lipinski definition) is 7. The monoisotopic (exact) mass is 469 g/mol. The van der Waals surface area contributed by atoms with Crippen molar-refractivity contribution in [3.63, 3.8) is 0 Å².